The molecule has 5 nitrogen and oxygen atoms in total. The van der Waals surface area contributed by atoms with E-state index in [9.17, 15) is 4.79 Å². The Morgan fingerprint density at radius 2 is 2.08 bits per heavy atom. The molecule has 5 heteroatoms. The molecule has 1 aromatic rings. The van der Waals surface area contributed by atoms with Gasteiger partial charge in [-0.1, -0.05) is 0 Å². The highest BCUT2D eigenvalue weighted by Crippen LogP contribution is 2.41. The van der Waals surface area contributed by atoms with Crippen LogP contribution >= 0.6 is 0 Å². The van der Waals surface area contributed by atoms with Crippen molar-refractivity contribution in [3.05, 3.63) is 23.3 Å². The first-order valence-electron chi connectivity index (χ1n) is 9.59. The van der Waals surface area contributed by atoms with Crippen LogP contribution in [0.3, 0.4) is 0 Å². The second-order valence-corrected chi connectivity index (χ2v) is 7.54. The van der Waals surface area contributed by atoms with Gasteiger partial charge in [-0.05, 0) is 75.7 Å². The van der Waals surface area contributed by atoms with Crippen LogP contribution in [0.15, 0.2) is 12.1 Å². The van der Waals surface area contributed by atoms with Gasteiger partial charge in [0, 0.05) is 12.1 Å². The van der Waals surface area contributed by atoms with Crippen LogP contribution in [-0.2, 0) is 6.42 Å². The molecule has 0 unspecified atom stereocenters. The molecular formula is C20H28N2O3. The summed E-state index contributed by atoms with van der Waals surface area (Å²) in [7, 11) is 1.64. The lowest BCUT2D eigenvalue weighted by Crippen LogP contribution is -2.41. The molecule has 3 heterocycles. The highest BCUT2D eigenvalue weighted by molar-refractivity contribution is 5.98. The molecule has 4 rings (SSSR count). The van der Waals surface area contributed by atoms with Crippen molar-refractivity contribution in [2.75, 3.05) is 33.4 Å². The maximum atomic E-state index is 12.8. The van der Waals surface area contributed by atoms with E-state index in [-0.39, 0.29) is 5.91 Å². The first-order valence-corrected chi connectivity index (χ1v) is 9.59. The minimum atomic E-state index is -0.0454. The van der Waals surface area contributed by atoms with Gasteiger partial charge in [-0.15, -0.1) is 0 Å². The molecule has 25 heavy (non-hydrogen) atoms. The van der Waals surface area contributed by atoms with Crippen molar-refractivity contribution >= 4 is 5.91 Å². The molecule has 0 aromatic heterocycles. The molecule has 1 aromatic carbocycles. The molecular weight excluding hydrogens is 316 g/mol. The quantitative estimate of drug-likeness (QED) is 0.892. The number of aryl methyl sites for hydroxylation is 1. The van der Waals surface area contributed by atoms with Gasteiger partial charge in [0.25, 0.3) is 5.91 Å². The topological polar surface area (TPSA) is 50.8 Å². The van der Waals surface area contributed by atoms with Crippen molar-refractivity contribution in [3.63, 3.8) is 0 Å². The van der Waals surface area contributed by atoms with Crippen molar-refractivity contribution in [3.8, 4) is 11.5 Å². The minimum absolute atomic E-state index is 0.0454. The van der Waals surface area contributed by atoms with Crippen LogP contribution in [0.5, 0.6) is 11.5 Å². The van der Waals surface area contributed by atoms with Crippen LogP contribution in [0, 0.1) is 0 Å². The number of rotatable bonds is 5. The molecule has 0 bridgehead atoms. The number of carbonyl (C=O) groups excluding carboxylic acids is 1. The molecule has 3 aliphatic heterocycles. The van der Waals surface area contributed by atoms with E-state index in [1.807, 2.05) is 6.07 Å². The van der Waals surface area contributed by atoms with E-state index in [4.69, 9.17) is 9.47 Å². The number of amides is 1. The van der Waals surface area contributed by atoms with Gasteiger partial charge in [0.2, 0.25) is 0 Å². The average molecular weight is 344 g/mol. The van der Waals surface area contributed by atoms with Gasteiger partial charge in [-0.2, -0.15) is 0 Å². The Morgan fingerprint density at radius 3 is 2.84 bits per heavy atom. The lowest BCUT2D eigenvalue weighted by Gasteiger charge is -2.32. The number of carbonyl (C=O) groups is 1. The lowest BCUT2D eigenvalue weighted by molar-refractivity contribution is 0.0937. The van der Waals surface area contributed by atoms with Crippen molar-refractivity contribution < 1.29 is 14.3 Å². The largest absolute Gasteiger partial charge is 0.497 e. The van der Waals surface area contributed by atoms with E-state index in [1.165, 1.54) is 38.8 Å². The van der Waals surface area contributed by atoms with Gasteiger partial charge in [0.15, 0.2) is 0 Å². The summed E-state index contributed by atoms with van der Waals surface area (Å²) < 4.78 is 11.2. The fourth-order valence-corrected chi connectivity index (χ4v) is 4.88. The number of fused-ring (bicyclic) bond motifs is 2. The Labute approximate surface area is 149 Å². The third kappa shape index (κ3) is 3.10. The summed E-state index contributed by atoms with van der Waals surface area (Å²) in [6, 6.07) is 3.79. The number of nitrogens with one attached hydrogen (secondary N) is 1. The van der Waals surface area contributed by atoms with E-state index < -0.39 is 0 Å². The van der Waals surface area contributed by atoms with E-state index in [0.29, 0.717) is 17.7 Å². The van der Waals surface area contributed by atoms with Gasteiger partial charge >= 0.3 is 0 Å². The smallest absolute Gasteiger partial charge is 0.255 e. The molecule has 1 N–H and O–H groups in total. The van der Waals surface area contributed by atoms with Crippen LogP contribution < -0.4 is 14.8 Å². The fourth-order valence-electron chi connectivity index (χ4n) is 4.88. The van der Waals surface area contributed by atoms with Gasteiger partial charge in [0.05, 0.1) is 19.3 Å². The Kier molecular flexibility index (Phi) is 4.59. The fraction of sp³-hybridized carbons (Fsp3) is 0.650. The standard InChI is InChI=1S/C20H28N2O3/c1-24-16-13-15-5-2-12-25-18(15)17(14-16)19(23)21-9-8-20-6-3-10-22(20)11-4-7-20/h13-14H,2-12H2,1H3,(H,21,23). The first-order chi connectivity index (χ1) is 12.2. The summed E-state index contributed by atoms with van der Waals surface area (Å²) in [6.45, 7) is 3.86. The van der Waals surface area contributed by atoms with Crippen LogP contribution in [0.2, 0.25) is 0 Å². The average Bonchev–Trinajstić information content (AvgIpc) is 3.20. The van der Waals surface area contributed by atoms with Gasteiger partial charge in [-0.25, -0.2) is 0 Å². The molecule has 0 atom stereocenters. The molecule has 2 saturated heterocycles. The normalized spacial score (nSPS) is 21.3. The summed E-state index contributed by atoms with van der Waals surface area (Å²) in [5.74, 6) is 1.42. The van der Waals surface area contributed by atoms with Crippen LogP contribution in [0.25, 0.3) is 0 Å². The lowest BCUT2D eigenvalue weighted by atomic mass is 9.90. The number of hydrogen-bond donors (Lipinski definition) is 1. The Hall–Kier alpha value is -1.75. The summed E-state index contributed by atoms with van der Waals surface area (Å²) in [5, 5.41) is 3.13. The van der Waals surface area contributed by atoms with E-state index >= 15 is 0 Å². The molecule has 136 valence electrons. The number of nitrogens with zero attached hydrogens (tertiary/aromatic N) is 1. The van der Waals surface area contributed by atoms with Gasteiger partial charge in [0.1, 0.15) is 11.5 Å². The van der Waals surface area contributed by atoms with E-state index in [0.717, 1.165) is 42.9 Å². The first kappa shape index (κ1) is 16.7. The molecule has 2 fully saturated rings. The summed E-state index contributed by atoms with van der Waals surface area (Å²) in [6.07, 6.45) is 8.12. The Bertz CT molecular complexity index is 649. The van der Waals surface area contributed by atoms with Crippen molar-refractivity contribution in [1.29, 1.82) is 0 Å². The highest BCUT2D eigenvalue weighted by Gasteiger charge is 2.43. The summed E-state index contributed by atoms with van der Waals surface area (Å²) >= 11 is 0. The summed E-state index contributed by atoms with van der Waals surface area (Å²) in [4.78, 5) is 15.4. The van der Waals surface area contributed by atoms with Crippen LogP contribution in [0.1, 0.15) is 54.4 Å². The third-order valence-corrected chi connectivity index (χ3v) is 6.14. The Morgan fingerprint density at radius 1 is 1.28 bits per heavy atom. The highest BCUT2D eigenvalue weighted by atomic mass is 16.5. The van der Waals surface area contributed by atoms with Crippen molar-refractivity contribution in [2.24, 2.45) is 0 Å². The maximum Gasteiger partial charge on any atom is 0.255 e. The van der Waals surface area contributed by atoms with E-state index in [2.05, 4.69) is 10.2 Å². The number of benzene rings is 1. The van der Waals surface area contributed by atoms with Crippen LogP contribution in [-0.4, -0.2) is 49.7 Å². The molecule has 0 spiro atoms. The molecule has 3 aliphatic rings. The SMILES string of the molecule is COc1cc2c(c(C(=O)NCCC34CCCN3CCC4)c1)OCCC2. The molecule has 0 aliphatic carbocycles. The number of methoxy groups -OCH3 is 1. The number of ether oxygens (including phenoxy) is 2. The van der Waals surface area contributed by atoms with Crippen LogP contribution in [0.4, 0.5) is 0 Å². The van der Waals surface area contributed by atoms with E-state index in [1.54, 1.807) is 13.2 Å². The molecule has 1 amide bonds. The van der Waals surface area contributed by atoms with Crippen molar-refractivity contribution in [2.45, 2.75) is 50.5 Å². The zero-order valence-corrected chi connectivity index (χ0v) is 15.1. The monoisotopic (exact) mass is 344 g/mol. The maximum absolute atomic E-state index is 12.8. The summed E-state index contributed by atoms with van der Waals surface area (Å²) in [5.41, 5.74) is 2.03. The van der Waals surface area contributed by atoms with Gasteiger partial charge in [-0.3, -0.25) is 9.69 Å². The molecule has 0 radical (unpaired) electrons. The molecule has 0 saturated carbocycles. The van der Waals surface area contributed by atoms with Crippen molar-refractivity contribution in [1.82, 2.24) is 10.2 Å². The zero-order chi connectivity index (χ0) is 17.3. The predicted molar refractivity (Wildman–Crippen MR) is 96.5 cm³/mol. The third-order valence-electron chi connectivity index (χ3n) is 6.14. The second-order valence-electron chi connectivity index (χ2n) is 7.54. The minimum Gasteiger partial charge on any atom is -0.497 e. The Balaban J connectivity index is 1.44. The predicted octanol–water partition coefficient (Wildman–Crippen LogP) is 2.77. The second kappa shape index (κ2) is 6.87. The van der Waals surface area contributed by atoms with Gasteiger partial charge < -0.3 is 14.8 Å². The zero-order valence-electron chi connectivity index (χ0n) is 15.1. The number of hydrogen-bond acceptors (Lipinski definition) is 4.